The van der Waals surface area contributed by atoms with Gasteiger partial charge in [-0.3, -0.25) is 4.79 Å². The van der Waals surface area contributed by atoms with Crippen molar-refractivity contribution < 1.29 is 28.9 Å². The molecule has 1 aromatic heterocycles. The van der Waals surface area contributed by atoms with Crippen molar-refractivity contribution in [1.82, 2.24) is 19.4 Å². The Morgan fingerprint density at radius 1 is 0.980 bits per heavy atom. The first kappa shape index (κ1) is 37.1. The molecule has 0 radical (unpaired) electrons. The Balaban J connectivity index is 0.00000486. The van der Waals surface area contributed by atoms with Crippen LogP contribution in [0.2, 0.25) is 0 Å². The number of piperidine rings is 1. The fraction of sp³-hybridized carbons (Fsp3) is 0.487. The van der Waals surface area contributed by atoms with E-state index in [-0.39, 0.29) is 17.2 Å². The van der Waals surface area contributed by atoms with E-state index in [0.717, 1.165) is 85.5 Å². The summed E-state index contributed by atoms with van der Waals surface area (Å²) in [6, 6.07) is 19.2. The van der Waals surface area contributed by atoms with Crippen LogP contribution in [0, 0.1) is 18.2 Å². The number of halogens is 1. The second-order valence-corrected chi connectivity index (χ2v) is 13.5. The SMILES string of the molecule is CCOCCn1c(NC2CCN(CCC3(Cc4ccc(F)cc4)CCN(Cc4cc(C)c(OC)c(OC)c4)C3=O)CC2)nc2ccccc21.O. The molecule has 3 heterocycles. The molecule has 3 aromatic carbocycles. The number of hydrogen-bond donors (Lipinski definition) is 1. The molecule has 3 N–H and O–H groups in total. The van der Waals surface area contributed by atoms with Crippen LogP contribution < -0.4 is 14.8 Å². The van der Waals surface area contributed by atoms with Gasteiger partial charge in [-0.05, 0) is 99.5 Å². The zero-order chi connectivity index (χ0) is 34.4. The number of anilines is 1. The molecule has 11 heteroatoms. The number of para-hydroxylation sites is 2. The van der Waals surface area contributed by atoms with Crippen molar-refractivity contribution in [2.45, 2.75) is 65.1 Å². The largest absolute Gasteiger partial charge is 0.493 e. The number of likely N-dealkylation sites (tertiary alicyclic amines) is 2. The van der Waals surface area contributed by atoms with E-state index < -0.39 is 5.41 Å². The van der Waals surface area contributed by atoms with E-state index in [4.69, 9.17) is 19.2 Å². The molecule has 2 fully saturated rings. The summed E-state index contributed by atoms with van der Waals surface area (Å²) < 4.78 is 32.8. The molecular formula is C39H52FN5O5. The minimum Gasteiger partial charge on any atom is -0.493 e. The number of nitrogens with one attached hydrogen (secondary N) is 1. The average molecular weight is 690 g/mol. The zero-order valence-electron chi connectivity index (χ0n) is 29.8. The van der Waals surface area contributed by atoms with Gasteiger partial charge in [0.2, 0.25) is 11.9 Å². The molecule has 10 nitrogen and oxygen atoms in total. The zero-order valence-corrected chi connectivity index (χ0v) is 29.8. The summed E-state index contributed by atoms with van der Waals surface area (Å²) in [5.74, 6) is 2.19. The van der Waals surface area contributed by atoms with E-state index in [1.807, 2.05) is 43.0 Å². The Bertz CT molecular complexity index is 1720. The lowest BCUT2D eigenvalue weighted by Gasteiger charge is -2.35. The Kier molecular flexibility index (Phi) is 12.4. The lowest BCUT2D eigenvalue weighted by molar-refractivity contribution is -0.137. The van der Waals surface area contributed by atoms with E-state index in [9.17, 15) is 9.18 Å². The second-order valence-electron chi connectivity index (χ2n) is 13.5. The van der Waals surface area contributed by atoms with Crippen molar-refractivity contribution in [3.8, 4) is 11.5 Å². The number of methoxy groups -OCH3 is 2. The number of hydrogen-bond acceptors (Lipinski definition) is 7. The number of imidazole rings is 1. The molecule has 2 aliphatic heterocycles. The van der Waals surface area contributed by atoms with Crippen LogP contribution >= 0.6 is 0 Å². The monoisotopic (exact) mass is 689 g/mol. The number of fused-ring (bicyclic) bond motifs is 1. The highest BCUT2D eigenvalue weighted by Gasteiger charge is 2.46. The number of benzene rings is 3. The molecule has 0 saturated carbocycles. The summed E-state index contributed by atoms with van der Waals surface area (Å²) >= 11 is 0. The summed E-state index contributed by atoms with van der Waals surface area (Å²) in [6.07, 6.45) is 4.13. The smallest absolute Gasteiger partial charge is 0.229 e. The predicted octanol–water partition coefficient (Wildman–Crippen LogP) is 5.64. The van der Waals surface area contributed by atoms with Crippen LogP contribution in [-0.4, -0.2) is 90.4 Å². The first-order chi connectivity index (χ1) is 23.8. The first-order valence-electron chi connectivity index (χ1n) is 17.6. The van der Waals surface area contributed by atoms with E-state index in [1.54, 1.807) is 14.2 Å². The number of aryl methyl sites for hydroxylation is 1. The predicted molar refractivity (Wildman–Crippen MR) is 194 cm³/mol. The van der Waals surface area contributed by atoms with Crippen LogP contribution in [0.15, 0.2) is 60.7 Å². The second kappa shape index (κ2) is 16.7. The van der Waals surface area contributed by atoms with Gasteiger partial charge in [0.05, 0.1) is 37.3 Å². The van der Waals surface area contributed by atoms with Gasteiger partial charge >= 0.3 is 0 Å². The van der Waals surface area contributed by atoms with Crippen LogP contribution in [0.5, 0.6) is 11.5 Å². The van der Waals surface area contributed by atoms with E-state index in [0.29, 0.717) is 50.3 Å². The van der Waals surface area contributed by atoms with E-state index in [1.165, 1.54) is 12.1 Å². The van der Waals surface area contributed by atoms with Crippen molar-refractivity contribution in [2.24, 2.45) is 5.41 Å². The third-order valence-electron chi connectivity index (χ3n) is 10.3. The molecule has 0 spiro atoms. The van der Waals surface area contributed by atoms with Crippen LogP contribution in [-0.2, 0) is 29.0 Å². The molecule has 270 valence electrons. The van der Waals surface area contributed by atoms with Gasteiger partial charge in [-0.15, -0.1) is 0 Å². The first-order valence-corrected chi connectivity index (χ1v) is 17.6. The van der Waals surface area contributed by atoms with Gasteiger partial charge < -0.3 is 39.4 Å². The van der Waals surface area contributed by atoms with Crippen LogP contribution in [0.1, 0.15) is 49.3 Å². The summed E-state index contributed by atoms with van der Waals surface area (Å²) in [5, 5.41) is 3.74. The molecule has 4 aromatic rings. The number of ether oxygens (including phenoxy) is 3. The topological polar surface area (TPSA) is 113 Å². The Hall–Kier alpha value is -4.19. The molecule has 1 amide bonds. The van der Waals surface area contributed by atoms with Gasteiger partial charge in [0.1, 0.15) is 5.82 Å². The van der Waals surface area contributed by atoms with Gasteiger partial charge in [-0.25, -0.2) is 9.37 Å². The van der Waals surface area contributed by atoms with E-state index in [2.05, 4.69) is 39.0 Å². The maximum Gasteiger partial charge on any atom is 0.229 e. The quantitative estimate of drug-likeness (QED) is 0.161. The van der Waals surface area contributed by atoms with Gasteiger partial charge in [0, 0.05) is 45.4 Å². The molecule has 50 heavy (non-hydrogen) atoms. The highest BCUT2D eigenvalue weighted by atomic mass is 19.1. The third kappa shape index (κ3) is 8.22. The Morgan fingerprint density at radius 3 is 2.46 bits per heavy atom. The van der Waals surface area contributed by atoms with Gasteiger partial charge in [0.15, 0.2) is 11.5 Å². The van der Waals surface area contributed by atoms with Gasteiger partial charge in [-0.2, -0.15) is 0 Å². The van der Waals surface area contributed by atoms with Crippen LogP contribution in [0.3, 0.4) is 0 Å². The summed E-state index contributed by atoms with van der Waals surface area (Å²) in [4.78, 5) is 23.7. The molecule has 1 atom stereocenters. The Labute approximate surface area is 294 Å². The van der Waals surface area contributed by atoms with Crippen molar-refractivity contribution >= 4 is 22.9 Å². The molecule has 2 aliphatic rings. The van der Waals surface area contributed by atoms with Crippen LogP contribution in [0.25, 0.3) is 11.0 Å². The molecule has 0 bridgehead atoms. The lowest BCUT2D eigenvalue weighted by atomic mass is 9.77. The fourth-order valence-corrected chi connectivity index (χ4v) is 7.63. The molecule has 6 rings (SSSR count). The number of carbonyl (C=O) groups is 1. The standard InChI is InChI=1S/C39H50FN5O4.H2O/c1-5-49-23-22-45-34-9-7-6-8-33(34)42-38(45)41-32-14-18-43(19-15-32)20-16-39(26-29-10-12-31(40)13-11-29)17-21-44(37(39)46)27-30-24-28(2)36(48-4)35(25-30)47-3;/h6-13,24-25,32H,5,14-23,26-27H2,1-4H3,(H,41,42);1H2. The summed E-state index contributed by atoms with van der Waals surface area (Å²) in [7, 11) is 3.27. The van der Waals surface area contributed by atoms with Crippen LogP contribution in [0.4, 0.5) is 10.3 Å². The minimum atomic E-state index is -0.538. The average Bonchev–Trinajstić information content (AvgIpc) is 3.61. The van der Waals surface area contributed by atoms with Gasteiger partial charge in [0.25, 0.3) is 0 Å². The van der Waals surface area contributed by atoms with Crippen molar-refractivity contribution in [3.63, 3.8) is 0 Å². The maximum absolute atomic E-state index is 14.3. The molecular weight excluding hydrogens is 637 g/mol. The summed E-state index contributed by atoms with van der Waals surface area (Å²) in [5.41, 5.74) is 4.55. The normalized spacial score (nSPS) is 18.4. The number of carbonyl (C=O) groups excluding carboxylic acids is 1. The number of rotatable bonds is 15. The summed E-state index contributed by atoms with van der Waals surface area (Å²) in [6.45, 7) is 10.0. The lowest BCUT2D eigenvalue weighted by Crippen LogP contribution is -2.43. The maximum atomic E-state index is 14.3. The van der Waals surface area contributed by atoms with Crippen molar-refractivity contribution in [2.75, 3.05) is 58.9 Å². The molecule has 2 saturated heterocycles. The highest BCUT2D eigenvalue weighted by Crippen LogP contribution is 2.41. The van der Waals surface area contributed by atoms with E-state index >= 15 is 0 Å². The highest BCUT2D eigenvalue weighted by molar-refractivity contribution is 5.85. The number of nitrogens with zero attached hydrogens (tertiary/aromatic N) is 4. The fourth-order valence-electron chi connectivity index (χ4n) is 7.63. The van der Waals surface area contributed by atoms with Crippen molar-refractivity contribution in [1.29, 1.82) is 0 Å². The third-order valence-corrected chi connectivity index (χ3v) is 10.3. The minimum absolute atomic E-state index is 0. The Morgan fingerprint density at radius 2 is 1.74 bits per heavy atom. The van der Waals surface area contributed by atoms with Crippen molar-refractivity contribution in [3.05, 3.63) is 83.2 Å². The number of amides is 1. The molecule has 0 aliphatic carbocycles. The number of aromatic nitrogens is 2. The van der Waals surface area contributed by atoms with Gasteiger partial charge in [-0.1, -0.05) is 30.3 Å². The molecule has 1 unspecified atom stereocenters.